The zero-order valence-corrected chi connectivity index (χ0v) is 35.4. The van der Waals surface area contributed by atoms with Gasteiger partial charge in [0.15, 0.2) is 0 Å². The van der Waals surface area contributed by atoms with Gasteiger partial charge in [0.2, 0.25) is 0 Å². The number of aromatic nitrogens is 2. The van der Waals surface area contributed by atoms with E-state index >= 15 is 0 Å². The first-order valence-corrected chi connectivity index (χ1v) is 21.1. The van der Waals surface area contributed by atoms with Crippen molar-refractivity contribution in [3.05, 3.63) is 193 Å². The molecule has 0 spiro atoms. The van der Waals surface area contributed by atoms with E-state index in [0.29, 0.717) is 29.6 Å². The van der Waals surface area contributed by atoms with Crippen LogP contribution in [-0.4, -0.2) is 16.2 Å². The van der Waals surface area contributed by atoms with E-state index in [2.05, 4.69) is 152 Å². The van der Waals surface area contributed by atoms with Crippen molar-refractivity contribution >= 4 is 44.6 Å². The monoisotopic (exact) mass is 816 g/mol. The molecule has 0 amide bonds. The van der Waals surface area contributed by atoms with Crippen LogP contribution >= 0.6 is 0 Å². The average molecular weight is 817 g/mol. The van der Waals surface area contributed by atoms with E-state index in [4.69, 9.17) is 9.72 Å². The summed E-state index contributed by atoms with van der Waals surface area (Å²) >= 11 is 0. The fourth-order valence-electron chi connectivity index (χ4n) is 8.92. The van der Waals surface area contributed by atoms with Gasteiger partial charge in [-0.25, -0.2) is 13.8 Å². The van der Waals surface area contributed by atoms with E-state index in [1.807, 2.05) is 48.7 Å². The van der Waals surface area contributed by atoms with Crippen molar-refractivity contribution in [2.24, 2.45) is 0 Å². The second kappa shape index (κ2) is 15.3. The highest BCUT2D eigenvalue weighted by Gasteiger charge is 2.30. The van der Waals surface area contributed by atoms with Crippen LogP contribution in [0.5, 0.6) is 11.5 Å². The number of hydrogen-bond acceptors (Lipinski definition) is 4. The molecule has 306 valence electrons. The van der Waals surface area contributed by atoms with Crippen LogP contribution in [0, 0.1) is 11.6 Å². The second-order valence-corrected chi connectivity index (χ2v) is 17.4. The molecule has 7 aromatic carbocycles. The van der Waals surface area contributed by atoms with Crippen LogP contribution in [0.3, 0.4) is 0 Å². The average Bonchev–Trinajstić information content (AvgIpc) is 3.82. The number of nitrogens with zero attached hydrogens (tertiary/aromatic N) is 4. The second-order valence-electron chi connectivity index (χ2n) is 17.4. The molecule has 5 nitrogen and oxygen atoms in total. The molecular formula is C55H46F2N4O. The van der Waals surface area contributed by atoms with E-state index < -0.39 is 11.6 Å². The van der Waals surface area contributed by atoms with Gasteiger partial charge in [-0.3, -0.25) is 4.57 Å². The van der Waals surface area contributed by atoms with Crippen LogP contribution in [0.25, 0.3) is 49.9 Å². The Morgan fingerprint density at radius 1 is 0.565 bits per heavy atom. The highest BCUT2D eigenvalue weighted by Crippen LogP contribution is 2.48. The number of benzene rings is 7. The summed E-state index contributed by atoms with van der Waals surface area (Å²) in [7, 11) is 0. The Hall–Kier alpha value is -7.25. The number of anilines is 4. The van der Waals surface area contributed by atoms with Crippen molar-refractivity contribution < 1.29 is 13.5 Å². The molecule has 0 aliphatic carbocycles. The van der Waals surface area contributed by atoms with Crippen molar-refractivity contribution in [2.45, 2.75) is 46.0 Å². The van der Waals surface area contributed by atoms with Gasteiger partial charge in [-0.1, -0.05) is 107 Å². The summed E-state index contributed by atoms with van der Waals surface area (Å²) < 4.78 is 38.4. The van der Waals surface area contributed by atoms with Crippen molar-refractivity contribution in [2.75, 3.05) is 16.5 Å². The molecule has 0 saturated heterocycles. The summed E-state index contributed by atoms with van der Waals surface area (Å²) in [4.78, 5) is 9.37. The van der Waals surface area contributed by atoms with Crippen molar-refractivity contribution in [1.82, 2.24) is 9.55 Å². The van der Waals surface area contributed by atoms with Gasteiger partial charge in [0, 0.05) is 46.4 Å². The number of hydrogen-bond donors (Lipinski definition) is 0. The van der Waals surface area contributed by atoms with Crippen LogP contribution < -0.4 is 14.5 Å². The quantitative estimate of drug-likeness (QED) is 0.153. The molecule has 3 heterocycles. The van der Waals surface area contributed by atoms with E-state index in [1.165, 1.54) is 23.3 Å². The Kier molecular flexibility index (Phi) is 9.63. The minimum Gasteiger partial charge on any atom is -0.457 e. The third kappa shape index (κ3) is 7.03. The maximum absolute atomic E-state index is 14.6. The summed E-state index contributed by atoms with van der Waals surface area (Å²) in [5, 5.41) is 2.26. The molecule has 0 saturated carbocycles. The highest BCUT2D eigenvalue weighted by atomic mass is 19.1. The number of ether oxygens (including phenoxy) is 1. The Labute approximate surface area is 361 Å². The number of fused-ring (bicyclic) bond motifs is 4. The molecule has 1 aliphatic heterocycles. The Balaban J connectivity index is 1.10. The Morgan fingerprint density at radius 2 is 1.21 bits per heavy atom. The van der Waals surface area contributed by atoms with Gasteiger partial charge in [0.05, 0.1) is 28.1 Å². The van der Waals surface area contributed by atoms with E-state index in [9.17, 15) is 8.78 Å². The summed E-state index contributed by atoms with van der Waals surface area (Å²) in [6, 6.07) is 53.8. The lowest BCUT2D eigenvalue weighted by atomic mass is 9.88. The van der Waals surface area contributed by atoms with Crippen LogP contribution in [0.1, 0.15) is 51.7 Å². The lowest BCUT2D eigenvalue weighted by Crippen LogP contribution is -2.24. The van der Waals surface area contributed by atoms with Gasteiger partial charge in [-0.2, -0.15) is 0 Å². The number of para-hydroxylation sites is 4. The van der Waals surface area contributed by atoms with Crippen LogP contribution in [0.2, 0.25) is 0 Å². The van der Waals surface area contributed by atoms with E-state index in [1.54, 1.807) is 0 Å². The van der Waals surface area contributed by atoms with Gasteiger partial charge >= 0.3 is 0 Å². The van der Waals surface area contributed by atoms with E-state index in [-0.39, 0.29) is 5.41 Å². The summed E-state index contributed by atoms with van der Waals surface area (Å²) in [5.41, 5.74) is 11.6. The molecule has 62 heavy (non-hydrogen) atoms. The third-order valence-corrected chi connectivity index (χ3v) is 11.9. The van der Waals surface area contributed by atoms with Crippen molar-refractivity contribution in [3.8, 4) is 39.6 Å². The van der Waals surface area contributed by atoms with Crippen LogP contribution in [0.15, 0.2) is 170 Å². The maximum Gasteiger partial charge on any atom is 0.137 e. The van der Waals surface area contributed by atoms with E-state index in [0.717, 1.165) is 73.1 Å². The van der Waals surface area contributed by atoms with Gasteiger partial charge < -0.3 is 14.5 Å². The van der Waals surface area contributed by atoms with Crippen LogP contribution in [0.4, 0.5) is 31.5 Å². The fraction of sp³-hybridized carbons (Fsp3) is 0.145. The number of halogens is 2. The normalized spacial score (nSPS) is 12.8. The number of pyridine rings is 1. The zero-order chi connectivity index (χ0) is 42.7. The molecule has 0 bridgehead atoms. The summed E-state index contributed by atoms with van der Waals surface area (Å²) in [6.07, 6.45) is 1.90. The van der Waals surface area contributed by atoms with Crippen molar-refractivity contribution in [1.29, 1.82) is 0 Å². The van der Waals surface area contributed by atoms with Gasteiger partial charge in [-0.15, -0.1) is 0 Å². The predicted octanol–water partition coefficient (Wildman–Crippen LogP) is 15.3. The molecule has 9 aromatic rings. The molecule has 0 N–H and O–H groups in total. The molecule has 10 rings (SSSR count). The first-order valence-electron chi connectivity index (χ1n) is 21.1. The molecule has 0 fully saturated rings. The molecule has 0 atom stereocenters. The minimum atomic E-state index is -0.615. The lowest BCUT2D eigenvalue weighted by molar-refractivity contribution is 0.483. The first-order chi connectivity index (χ1) is 30.0. The topological polar surface area (TPSA) is 33.5 Å². The standard InChI is InChI=1S/C55H46F2N4O/c1-35(2)44-14-6-7-15-45(44)37-28-41(59-34-60(52-21-13-12-20-51(52)59)49-18-10-8-16-46(49)36-26-39(56)31-40(57)27-36)32-43(29-37)62-42-22-23-48-47-17-9-11-19-50(47)61(53(48)33-42)54-30-38(24-25-58-54)55(3,4)5/h6-33,35H,34H2,1-5H3. The third-order valence-electron chi connectivity index (χ3n) is 11.9. The summed E-state index contributed by atoms with van der Waals surface area (Å²) in [5.74, 6) is 1.32. The van der Waals surface area contributed by atoms with Gasteiger partial charge in [-0.05, 0) is 112 Å². The molecular weight excluding hydrogens is 771 g/mol. The molecule has 1 aliphatic rings. The maximum atomic E-state index is 14.6. The van der Waals surface area contributed by atoms with Gasteiger partial charge in [0.1, 0.15) is 35.6 Å². The lowest BCUT2D eigenvalue weighted by Gasteiger charge is -2.25. The number of rotatable bonds is 8. The Bertz CT molecular complexity index is 3140. The van der Waals surface area contributed by atoms with Crippen LogP contribution in [-0.2, 0) is 5.41 Å². The highest BCUT2D eigenvalue weighted by molar-refractivity contribution is 6.09. The molecule has 7 heteroatoms. The SMILES string of the molecule is CC(C)c1ccccc1-c1cc(Oc2ccc3c4ccccc4n(-c4cc(C(C)(C)C)ccn4)c3c2)cc(N2CN(c3ccccc3-c3cc(F)cc(F)c3)c3ccccc32)c1. The molecule has 2 aromatic heterocycles. The Morgan fingerprint density at radius 3 is 1.97 bits per heavy atom. The minimum absolute atomic E-state index is 0.0430. The largest absolute Gasteiger partial charge is 0.457 e. The smallest absolute Gasteiger partial charge is 0.137 e. The van der Waals surface area contributed by atoms with Crippen molar-refractivity contribution in [3.63, 3.8) is 0 Å². The predicted molar refractivity (Wildman–Crippen MR) is 251 cm³/mol. The summed E-state index contributed by atoms with van der Waals surface area (Å²) in [6.45, 7) is 11.6. The molecule has 0 radical (unpaired) electrons. The fourth-order valence-corrected chi connectivity index (χ4v) is 8.92. The zero-order valence-electron chi connectivity index (χ0n) is 35.4. The first kappa shape index (κ1) is 38.9. The molecule has 0 unspecified atom stereocenters. The van der Waals surface area contributed by atoms with Gasteiger partial charge in [0.25, 0.3) is 0 Å².